The zero-order valence-corrected chi connectivity index (χ0v) is 16.2. The summed E-state index contributed by atoms with van der Waals surface area (Å²) >= 11 is 0. The minimum absolute atomic E-state index is 0.106. The van der Waals surface area contributed by atoms with Crippen molar-refractivity contribution in [2.45, 2.75) is 59.3 Å². The molecule has 3 nitrogen and oxygen atoms in total. The van der Waals surface area contributed by atoms with Gasteiger partial charge >= 0.3 is 5.97 Å². The molecule has 0 N–H and O–H groups in total. The molecular formula is C23H30O3. The number of benzene rings is 1. The van der Waals surface area contributed by atoms with Gasteiger partial charge in [0.2, 0.25) is 0 Å². The molecule has 0 aliphatic heterocycles. The highest BCUT2D eigenvalue weighted by Gasteiger charge is 2.35. The number of Topliss-reactive ketones (excluding diaryl/α,β-unsaturated/α-hetero) is 1. The van der Waals surface area contributed by atoms with E-state index < -0.39 is 5.97 Å². The third kappa shape index (κ3) is 4.94. The Morgan fingerprint density at radius 3 is 2.54 bits per heavy atom. The van der Waals surface area contributed by atoms with Crippen molar-refractivity contribution in [3.63, 3.8) is 0 Å². The Morgan fingerprint density at radius 1 is 1.15 bits per heavy atom. The van der Waals surface area contributed by atoms with Crippen molar-refractivity contribution < 1.29 is 14.3 Å². The summed E-state index contributed by atoms with van der Waals surface area (Å²) in [4.78, 5) is 25.4. The molecule has 2 rings (SSSR count). The quantitative estimate of drug-likeness (QED) is 0.351. The van der Waals surface area contributed by atoms with Crippen LogP contribution in [0, 0.1) is 5.92 Å². The molecule has 26 heavy (non-hydrogen) atoms. The fourth-order valence-electron chi connectivity index (χ4n) is 3.43. The molecule has 140 valence electrons. The maximum atomic E-state index is 12.8. The van der Waals surface area contributed by atoms with Gasteiger partial charge in [0.05, 0.1) is 6.61 Å². The van der Waals surface area contributed by atoms with Gasteiger partial charge < -0.3 is 4.74 Å². The number of hydrogen-bond donors (Lipinski definition) is 0. The van der Waals surface area contributed by atoms with Crippen LogP contribution in [0.1, 0.15) is 64.9 Å². The standard InChI is InChI=1S/C23H30O3/c1-4-6-7-8-10-15-19-16-17(3)22(24)21(23(25)26-5-2)20(19)18-13-11-9-12-14-18/h9,11-15,17H,4-8,10,16H2,1-3H3/b19-15-. The Kier molecular flexibility index (Phi) is 7.83. The van der Waals surface area contributed by atoms with Crippen LogP contribution in [0.4, 0.5) is 0 Å². The van der Waals surface area contributed by atoms with Crippen LogP contribution in [0.5, 0.6) is 0 Å². The third-order valence-corrected chi connectivity index (χ3v) is 4.78. The lowest BCUT2D eigenvalue weighted by Crippen LogP contribution is -2.27. The number of esters is 1. The number of allylic oxidation sites excluding steroid dienone is 3. The highest BCUT2D eigenvalue weighted by atomic mass is 16.5. The van der Waals surface area contributed by atoms with Crippen molar-refractivity contribution in [1.82, 2.24) is 0 Å². The van der Waals surface area contributed by atoms with E-state index >= 15 is 0 Å². The number of unbranched alkanes of at least 4 members (excludes halogenated alkanes) is 4. The molecule has 0 radical (unpaired) electrons. The number of rotatable bonds is 8. The van der Waals surface area contributed by atoms with Crippen molar-refractivity contribution in [1.29, 1.82) is 0 Å². The molecule has 0 aromatic heterocycles. The van der Waals surface area contributed by atoms with Crippen LogP contribution in [0.25, 0.3) is 5.57 Å². The Labute approximate surface area is 157 Å². The Balaban J connectivity index is 2.46. The van der Waals surface area contributed by atoms with Crippen molar-refractivity contribution in [2.75, 3.05) is 6.61 Å². The van der Waals surface area contributed by atoms with Crippen LogP contribution in [0.15, 0.2) is 47.6 Å². The Hall–Kier alpha value is -2.16. The molecule has 1 aromatic carbocycles. The minimum atomic E-state index is -0.500. The Morgan fingerprint density at radius 2 is 1.88 bits per heavy atom. The average molecular weight is 354 g/mol. The van der Waals surface area contributed by atoms with Crippen LogP contribution in [0.3, 0.4) is 0 Å². The second kappa shape index (κ2) is 10.1. The fourth-order valence-corrected chi connectivity index (χ4v) is 3.43. The van der Waals surface area contributed by atoms with E-state index in [0.717, 1.165) is 29.6 Å². The fraction of sp³-hybridized carbons (Fsp3) is 0.478. The lowest BCUT2D eigenvalue weighted by molar-refractivity contribution is -0.140. The molecule has 1 aliphatic carbocycles. The van der Waals surface area contributed by atoms with E-state index in [0.29, 0.717) is 6.42 Å². The molecule has 0 heterocycles. The smallest absolute Gasteiger partial charge is 0.342 e. The molecule has 0 spiro atoms. The minimum Gasteiger partial charge on any atom is -0.462 e. The van der Waals surface area contributed by atoms with Crippen LogP contribution in [0.2, 0.25) is 0 Å². The van der Waals surface area contributed by atoms with Gasteiger partial charge in [-0.05, 0) is 37.3 Å². The first-order chi connectivity index (χ1) is 12.6. The summed E-state index contributed by atoms with van der Waals surface area (Å²) in [5.74, 6) is -0.797. The van der Waals surface area contributed by atoms with Crippen LogP contribution in [-0.4, -0.2) is 18.4 Å². The lowest BCUT2D eigenvalue weighted by atomic mass is 9.77. The van der Waals surface area contributed by atoms with Crippen molar-refractivity contribution in [3.8, 4) is 0 Å². The van der Waals surface area contributed by atoms with Gasteiger partial charge in [0.15, 0.2) is 5.78 Å². The zero-order chi connectivity index (χ0) is 18.9. The largest absolute Gasteiger partial charge is 0.462 e. The van der Waals surface area contributed by atoms with Gasteiger partial charge in [-0.2, -0.15) is 0 Å². The van der Waals surface area contributed by atoms with E-state index in [1.807, 2.05) is 37.3 Å². The molecule has 0 amide bonds. The molecule has 1 aliphatic rings. The maximum Gasteiger partial charge on any atom is 0.342 e. The van der Waals surface area contributed by atoms with Crippen molar-refractivity contribution in [3.05, 3.63) is 53.1 Å². The van der Waals surface area contributed by atoms with Gasteiger partial charge in [-0.15, -0.1) is 0 Å². The number of ketones is 1. The van der Waals surface area contributed by atoms with Crippen molar-refractivity contribution in [2.24, 2.45) is 5.92 Å². The molecule has 0 saturated carbocycles. The molecule has 1 atom stereocenters. The van der Waals surface area contributed by atoms with E-state index in [2.05, 4.69) is 13.0 Å². The predicted molar refractivity (Wildman–Crippen MR) is 106 cm³/mol. The van der Waals surface area contributed by atoms with Gasteiger partial charge in [0.25, 0.3) is 0 Å². The first-order valence-corrected chi connectivity index (χ1v) is 9.80. The topological polar surface area (TPSA) is 43.4 Å². The number of ether oxygens (including phenoxy) is 1. The first-order valence-electron chi connectivity index (χ1n) is 9.80. The predicted octanol–water partition coefficient (Wildman–Crippen LogP) is 5.51. The summed E-state index contributed by atoms with van der Waals surface area (Å²) in [7, 11) is 0. The summed E-state index contributed by atoms with van der Waals surface area (Å²) in [6.07, 6.45) is 8.68. The van der Waals surface area contributed by atoms with Gasteiger partial charge in [-0.1, -0.05) is 69.5 Å². The van der Waals surface area contributed by atoms with Gasteiger partial charge in [0, 0.05) is 11.5 Å². The number of carbonyl (C=O) groups excluding carboxylic acids is 2. The molecule has 1 unspecified atom stereocenters. The summed E-state index contributed by atoms with van der Waals surface area (Å²) in [5.41, 5.74) is 3.00. The molecule has 0 fully saturated rings. The van der Waals surface area contributed by atoms with E-state index in [4.69, 9.17) is 4.74 Å². The molecule has 0 saturated heterocycles. The number of hydrogen-bond acceptors (Lipinski definition) is 3. The zero-order valence-electron chi connectivity index (χ0n) is 16.2. The monoisotopic (exact) mass is 354 g/mol. The highest BCUT2D eigenvalue weighted by Crippen LogP contribution is 2.38. The van der Waals surface area contributed by atoms with E-state index in [1.54, 1.807) is 6.92 Å². The first kappa shape index (κ1) is 20.2. The summed E-state index contributed by atoms with van der Waals surface area (Å²) in [5, 5.41) is 0. The van der Waals surface area contributed by atoms with Crippen LogP contribution >= 0.6 is 0 Å². The van der Waals surface area contributed by atoms with Crippen molar-refractivity contribution >= 4 is 17.3 Å². The third-order valence-electron chi connectivity index (χ3n) is 4.78. The molecule has 0 bridgehead atoms. The number of carbonyl (C=O) groups is 2. The van der Waals surface area contributed by atoms with E-state index in [9.17, 15) is 9.59 Å². The summed E-state index contributed by atoms with van der Waals surface area (Å²) in [6.45, 7) is 6.13. The normalized spacial score (nSPS) is 19.1. The van der Waals surface area contributed by atoms with Crippen LogP contribution < -0.4 is 0 Å². The lowest BCUT2D eigenvalue weighted by Gasteiger charge is -2.26. The maximum absolute atomic E-state index is 12.8. The average Bonchev–Trinajstić information content (AvgIpc) is 2.64. The SMILES string of the molecule is CCCCCC/C=C1/CC(C)C(=O)C(C(=O)OCC)=C1c1ccccc1. The molecule has 1 aromatic rings. The van der Waals surface area contributed by atoms with E-state index in [-0.39, 0.29) is 23.9 Å². The van der Waals surface area contributed by atoms with Gasteiger partial charge in [0.1, 0.15) is 5.57 Å². The Bertz CT molecular complexity index is 683. The van der Waals surface area contributed by atoms with Gasteiger partial charge in [-0.25, -0.2) is 4.79 Å². The second-order valence-electron chi connectivity index (χ2n) is 6.88. The highest BCUT2D eigenvalue weighted by molar-refractivity contribution is 6.26. The molecule has 3 heteroatoms. The van der Waals surface area contributed by atoms with Crippen LogP contribution in [-0.2, 0) is 14.3 Å². The van der Waals surface area contributed by atoms with Gasteiger partial charge in [-0.3, -0.25) is 4.79 Å². The van der Waals surface area contributed by atoms with E-state index in [1.165, 1.54) is 19.3 Å². The summed E-state index contributed by atoms with van der Waals surface area (Å²) < 4.78 is 5.21. The summed E-state index contributed by atoms with van der Waals surface area (Å²) in [6, 6.07) is 9.74. The second-order valence-corrected chi connectivity index (χ2v) is 6.88. The molecular weight excluding hydrogens is 324 g/mol.